The molecule has 5 fully saturated rings. The summed E-state index contributed by atoms with van der Waals surface area (Å²) < 4.78 is 25.0. The molecule has 1 saturated heterocycles. The third-order valence-corrected chi connectivity index (χ3v) is 8.38. The fourth-order valence-corrected chi connectivity index (χ4v) is 7.40. The van der Waals surface area contributed by atoms with E-state index in [1.165, 1.54) is 19.3 Å². The quantitative estimate of drug-likeness (QED) is 0.653. The van der Waals surface area contributed by atoms with Gasteiger partial charge >= 0.3 is 0 Å². The Balaban J connectivity index is 1.27. The first-order valence-electron chi connectivity index (χ1n) is 11.1. The van der Waals surface area contributed by atoms with Gasteiger partial charge in [0.05, 0.1) is 5.41 Å². The SMILES string of the molecule is O=C(Nc1ccc(SC(F)F)cc1)[C@@H]1CCCN1C(=O)C12CC3CC(CC(C3)C1)C2. The van der Waals surface area contributed by atoms with Gasteiger partial charge in [0.15, 0.2) is 0 Å². The highest BCUT2D eigenvalue weighted by Crippen LogP contribution is 2.60. The fourth-order valence-electron chi connectivity index (χ4n) is 6.90. The number of anilines is 1. The maximum absolute atomic E-state index is 13.7. The average Bonchev–Trinajstić information content (AvgIpc) is 3.17. The highest BCUT2D eigenvalue weighted by Gasteiger charge is 2.56. The second-order valence-corrected chi connectivity index (χ2v) is 10.8. The summed E-state index contributed by atoms with van der Waals surface area (Å²) in [6.45, 7) is 0.655. The number of nitrogens with zero attached hydrogens (tertiary/aromatic N) is 1. The summed E-state index contributed by atoms with van der Waals surface area (Å²) in [4.78, 5) is 29.0. The smallest absolute Gasteiger partial charge is 0.288 e. The molecule has 0 radical (unpaired) electrons. The Labute approximate surface area is 180 Å². The third-order valence-electron chi connectivity index (χ3n) is 7.66. The first-order valence-corrected chi connectivity index (χ1v) is 12.0. The number of carbonyl (C=O) groups is 2. The van der Waals surface area contributed by atoms with Gasteiger partial charge in [-0.2, -0.15) is 8.78 Å². The first kappa shape index (κ1) is 20.3. The molecule has 4 nitrogen and oxygen atoms in total. The molecule has 7 heteroatoms. The van der Waals surface area contributed by atoms with Crippen molar-refractivity contribution in [1.82, 2.24) is 4.90 Å². The Hall–Kier alpha value is -1.63. The molecule has 1 aliphatic heterocycles. The van der Waals surface area contributed by atoms with Crippen LogP contribution >= 0.6 is 11.8 Å². The van der Waals surface area contributed by atoms with E-state index in [-0.39, 0.29) is 17.2 Å². The predicted molar refractivity (Wildman–Crippen MR) is 112 cm³/mol. The van der Waals surface area contributed by atoms with Crippen LogP contribution in [0.3, 0.4) is 0 Å². The van der Waals surface area contributed by atoms with Crippen molar-refractivity contribution in [3.8, 4) is 0 Å². The topological polar surface area (TPSA) is 49.4 Å². The standard InChI is InChI=1S/C23H28F2N2O2S/c24-22(25)30-18-5-3-17(4-6-18)26-20(28)19-2-1-7-27(19)21(29)23-11-14-8-15(12-23)10-16(9-14)13-23/h3-6,14-16,19,22H,1-2,7-13H2,(H,26,28)/t14?,15?,16?,19-,23?/m0/s1. The summed E-state index contributed by atoms with van der Waals surface area (Å²) in [5.74, 6) is -0.338. The lowest BCUT2D eigenvalue weighted by molar-refractivity contribution is -0.160. The number of hydrogen-bond acceptors (Lipinski definition) is 3. The minimum absolute atomic E-state index is 0.167. The molecular weight excluding hydrogens is 406 g/mol. The summed E-state index contributed by atoms with van der Waals surface area (Å²) >= 11 is 0.484. The monoisotopic (exact) mass is 434 g/mol. The second-order valence-electron chi connectivity index (χ2n) is 9.75. The van der Waals surface area contributed by atoms with Crippen molar-refractivity contribution in [2.45, 2.75) is 68.1 Å². The van der Waals surface area contributed by atoms with Crippen LogP contribution < -0.4 is 5.32 Å². The summed E-state index contributed by atoms with van der Waals surface area (Å²) in [6, 6.07) is 6.02. The van der Waals surface area contributed by atoms with Gasteiger partial charge in [0, 0.05) is 17.1 Å². The van der Waals surface area contributed by atoms with Crippen molar-refractivity contribution >= 4 is 29.3 Å². The van der Waals surface area contributed by atoms with Crippen molar-refractivity contribution in [1.29, 1.82) is 0 Å². The summed E-state index contributed by atoms with van der Waals surface area (Å²) in [7, 11) is 0. The van der Waals surface area contributed by atoms with Crippen molar-refractivity contribution in [2.24, 2.45) is 23.2 Å². The molecule has 1 N–H and O–H groups in total. The summed E-state index contributed by atoms with van der Waals surface area (Å²) in [5, 5.41) is 2.89. The number of carbonyl (C=O) groups excluding carboxylic acids is 2. The Bertz CT molecular complexity index is 794. The van der Waals surface area contributed by atoms with Crippen LogP contribution in [0.2, 0.25) is 0 Å². The van der Waals surface area contributed by atoms with E-state index in [2.05, 4.69) is 5.32 Å². The van der Waals surface area contributed by atoms with Gasteiger partial charge in [-0.3, -0.25) is 9.59 Å². The Kier molecular flexibility index (Phi) is 5.28. The molecule has 0 unspecified atom stereocenters. The molecule has 30 heavy (non-hydrogen) atoms. The van der Waals surface area contributed by atoms with Gasteiger partial charge in [0.1, 0.15) is 6.04 Å². The summed E-state index contributed by atoms with van der Waals surface area (Å²) in [5.41, 5.74) is 0.346. The van der Waals surface area contributed by atoms with Crippen LogP contribution in [0.25, 0.3) is 0 Å². The minimum Gasteiger partial charge on any atom is -0.330 e. The Morgan fingerprint density at radius 1 is 1.03 bits per heavy atom. The molecule has 4 aliphatic carbocycles. The zero-order valence-corrected chi connectivity index (χ0v) is 17.8. The average molecular weight is 435 g/mol. The number of thioether (sulfide) groups is 1. The number of hydrogen-bond donors (Lipinski definition) is 1. The molecule has 1 aromatic rings. The van der Waals surface area contributed by atoms with E-state index in [4.69, 9.17) is 0 Å². The van der Waals surface area contributed by atoms with Gasteiger partial charge in [-0.05, 0) is 93.4 Å². The zero-order valence-electron chi connectivity index (χ0n) is 17.0. The largest absolute Gasteiger partial charge is 0.330 e. The zero-order chi connectivity index (χ0) is 20.9. The minimum atomic E-state index is -2.46. The Morgan fingerprint density at radius 3 is 2.20 bits per heavy atom. The van der Waals surface area contributed by atoms with Crippen LogP contribution in [0.15, 0.2) is 29.2 Å². The highest BCUT2D eigenvalue weighted by atomic mass is 32.2. The van der Waals surface area contributed by atoms with Gasteiger partial charge in [-0.15, -0.1) is 0 Å². The molecule has 1 heterocycles. The molecule has 2 amide bonds. The lowest BCUT2D eigenvalue weighted by Gasteiger charge is -2.56. The van der Waals surface area contributed by atoms with E-state index in [1.54, 1.807) is 24.3 Å². The van der Waals surface area contributed by atoms with Crippen molar-refractivity contribution in [3.05, 3.63) is 24.3 Å². The molecule has 0 spiro atoms. The van der Waals surface area contributed by atoms with Crippen molar-refractivity contribution < 1.29 is 18.4 Å². The van der Waals surface area contributed by atoms with E-state index >= 15 is 0 Å². The first-order chi connectivity index (χ1) is 14.4. The second kappa shape index (κ2) is 7.81. The Morgan fingerprint density at radius 2 is 1.63 bits per heavy atom. The highest BCUT2D eigenvalue weighted by molar-refractivity contribution is 7.99. The van der Waals surface area contributed by atoms with Gasteiger partial charge < -0.3 is 10.2 Å². The third kappa shape index (κ3) is 3.74. The molecule has 1 aromatic carbocycles. The van der Waals surface area contributed by atoms with Crippen molar-refractivity contribution in [2.75, 3.05) is 11.9 Å². The number of alkyl halides is 2. The van der Waals surface area contributed by atoms with Gasteiger partial charge in [0.25, 0.3) is 5.76 Å². The van der Waals surface area contributed by atoms with Crippen LogP contribution in [-0.4, -0.2) is 35.1 Å². The van der Waals surface area contributed by atoms with Crippen molar-refractivity contribution in [3.63, 3.8) is 0 Å². The van der Waals surface area contributed by atoms with E-state index < -0.39 is 11.8 Å². The molecule has 6 rings (SSSR count). The van der Waals surface area contributed by atoms with Crippen LogP contribution in [0, 0.1) is 23.2 Å². The van der Waals surface area contributed by atoms with E-state index in [9.17, 15) is 18.4 Å². The number of likely N-dealkylation sites (tertiary alicyclic amines) is 1. The normalized spacial score (nSPS) is 34.6. The summed E-state index contributed by atoms with van der Waals surface area (Å²) in [6.07, 6.45) is 8.41. The predicted octanol–water partition coefficient (Wildman–Crippen LogP) is 5.15. The lowest BCUT2D eigenvalue weighted by atomic mass is 9.49. The molecule has 0 aromatic heterocycles. The number of halogens is 2. The van der Waals surface area contributed by atoms with E-state index in [1.807, 2.05) is 4.90 Å². The molecule has 4 saturated carbocycles. The van der Waals surface area contributed by atoms with Crippen LogP contribution in [-0.2, 0) is 9.59 Å². The fraction of sp³-hybridized carbons (Fsp3) is 0.652. The number of benzene rings is 1. The maximum atomic E-state index is 13.7. The van der Waals surface area contributed by atoms with E-state index in [0.717, 1.165) is 25.7 Å². The number of amides is 2. The maximum Gasteiger partial charge on any atom is 0.288 e. The molecular formula is C23H28F2N2O2S. The van der Waals surface area contributed by atoms with Gasteiger partial charge in [-0.25, -0.2) is 0 Å². The molecule has 1 atom stereocenters. The van der Waals surface area contributed by atoms with Crippen LogP contribution in [0.1, 0.15) is 51.4 Å². The number of rotatable bonds is 5. The lowest BCUT2D eigenvalue weighted by Crippen LogP contribution is -2.56. The van der Waals surface area contributed by atoms with Gasteiger partial charge in [0.2, 0.25) is 11.8 Å². The molecule has 5 aliphatic rings. The van der Waals surface area contributed by atoms with Gasteiger partial charge in [-0.1, -0.05) is 11.8 Å². The van der Waals surface area contributed by atoms with Crippen LogP contribution in [0.5, 0.6) is 0 Å². The van der Waals surface area contributed by atoms with E-state index in [0.29, 0.717) is 53.1 Å². The molecule has 162 valence electrons. The van der Waals surface area contributed by atoms with Crippen LogP contribution in [0.4, 0.5) is 14.5 Å². The number of nitrogens with one attached hydrogen (secondary N) is 1. The molecule has 4 bridgehead atoms.